The number of piperazine rings is 1. The van der Waals surface area contributed by atoms with Crippen LogP contribution in [-0.4, -0.2) is 56.6 Å². The quantitative estimate of drug-likeness (QED) is 0.497. The zero-order chi connectivity index (χ0) is 22.2. The number of aromatic nitrogens is 4. The Labute approximate surface area is 185 Å². The van der Waals surface area contributed by atoms with E-state index in [1.165, 1.54) is 6.08 Å². The molecule has 2 aromatic heterocycles. The molecule has 0 aliphatic carbocycles. The number of anilines is 1. The number of aromatic amines is 1. The number of carbonyl (C=O) groups is 1. The molecular formula is C24H24N6O2. The Hall–Kier alpha value is -3.94. The Morgan fingerprint density at radius 1 is 1.22 bits per heavy atom. The third-order valence-corrected chi connectivity index (χ3v) is 5.98. The minimum absolute atomic E-state index is 0.0378. The lowest BCUT2D eigenvalue weighted by molar-refractivity contribution is -0.128. The highest BCUT2D eigenvalue weighted by Gasteiger charge is 2.28. The fourth-order valence-corrected chi connectivity index (χ4v) is 4.32. The largest absolute Gasteiger partial charge is 0.454 e. The van der Waals surface area contributed by atoms with Crippen molar-refractivity contribution in [1.82, 2.24) is 25.1 Å². The fraction of sp³-hybridized carbons (Fsp3) is 0.250. The van der Waals surface area contributed by atoms with Gasteiger partial charge in [0.1, 0.15) is 23.4 Å². The van der Waals surface area contributed by atoms with Gasteiger partial charge in [0.2, 0.25) is 5.91 Å². The molecule has 5 rings (SSSR count). The summed E-state index contributed by atoms with van der Waals surface area (Å²) < 4.78 is 6.39. The molecule has 1 N–H and O–H groups in total. The second-order valence-electron chi connectivity index (χ2n) is 8.03. The fourth-order valence-electron chi connectivity index (χ4n) is 4.32. The maximum atomic E-state index is 12.1. The van der Waals surface area contributed by atoms with E-state index in [-0.39, 0.29) is 11.9 Å². The number of nitrogens with zero attached hydrogens (tertiary/aromatic N) is 5. The van der Waals surface area contributed by atoms with Gasteiger partial charge in [0.25, 0.3) is 0 Å². The summed E-state index contributed by atoms with van der Waals surface area (Å²) in [5.41, 5.74) is 2.68. The Kier molecular flexibility index (Phi) is 4.97. The molecule has 0 radical (unpaired) electrons. The van der Waals surface area contributed by atoms with Gasteiger partial charge in [0, 0.05) is 31.1 Å². The van der Waals surface area contributed by atoms with E-state index in [1.807, 2.05) is 49.1 Å². The molecule has 0 bridgehead atoms. The van der Waals surface area contributed by atoms with Crippen molar-refractivity contribution in [3.05, 3.63) is 61.1 Å². The number of aryl methyl sites for hydroxylation is 1. The Morgan fingerprint density at radius 3 is 2.91 bits per heavy atom. The molecular weight excluding hydrogens is 404 g/mol. The number of nitrogens with one attached hydrogen (secondary N) is 1. The molecule has 1 atom stereocenters. The average molecular weight is 428 g/mol. The van der Waals surface area contributed by atoms with Gasteiger partial charge in [0.15, 0.2) is 5.75 Å². The van der Waals surface area contributed by atoms with E-state index in [4.69, 9.17) is 4.74 Å². The van der Waals surface area contributed by atoms with Crippen LogP contribution in [0.3, 0.4) is 0 Å². The lowest BCUT2D eigenvalue weighted by Crippen LogP contribution is -2.54. The number of amides is 1. The van der Waals surface area contributed by atoms with Gasteiger partial charge in [-0.1, -0.05) is 18.7 Å². The minimum atomic E-state index is -0.0378. The maximum Gasteiger partial charge on any atom is 0.246 e. The first-order chi connectivity index (χ1) is 15.6. The molecule has 8 nitrogen and oxygen atoms in total. The summed E-state index contributed by atoms with van der Waals surface area (Å²) in [6.07, 6.45) is 4.72. The number of ether oxygens (including phenoxy) is 1. The van der Waals surface area contributed by atoms with E-state index in [0.717, 1.165) is 38.9 Å². The molecule has 0 unspecified atom stereocenters. The van der Waals surface area contributed by atoms with E-state index in [1.54, 1.807) is 12.5 Å². The van der Waals surface area contributed by atoms with E-state index < -0.39 is 0 Å². The van der Waals surface area contributed by atoms with Gasteiger partial charge in [0.05, 0.1) is 17.1 Å². The maximum absolute atomic E-state index is 12.1. The average Bonchev–Trinajstić information content (AvgIpc) is 3.29. The van der Waals surface area contributed by atoms with E-state index >= 15 is 0 Å². The molecule has 8 heteroatoms. The van der Waals surface area contributed by atoms with Crippen molar-refractivity contribution < 1.29 is 9.53 Å². The molecule has 1 aliphatic heterocycles. The van der Waals surface area contributed by atoms with Crippen LogP contribution in [0.25, 0.3) is 21.8 Å². The molecule has 0 spiro atoms. The second kappa shape index (κ2) is 7.96. The lowest BCUT2D eigenvalue weighted by atomic mass is 10.1. The smallest absolute Gasteiger partial charge is 0.246 e. The highest BCUT2D eigenvalue weighted by atomic mass is 16.5. The number of hydrogen-bond acceptors (Lipinski definition) is 6. The molecule has 1 aliphatic rings. The molecule has 1 fully saturated rings. The molecule has 2 aromatic carbocycles. The van der Waals surface area contributed by atoms with Crippen LogP contribution in [0.15, 0.2) is 55.5 Å². The first kappa shape index (κ1) is 20.0. The number of fused-ring (bicyclic) bond motifs is 2. The summed E-state index contributed by atoms with van der Waals surface area (Å²) in [6.45, 7) is 9.66. The van der Waals surface area contributed by atoms with Gasteiger partial charge in [-0.3, -0.25) is 9.89 Å². The van der Waals surface area contributed by atoms with Gasteiger partial charge >= 0.3 is 0 Å². The van der Waals surface area contributed by atoms with Crippen molar-refractivity contribution >= 4 is 33.5 Å². The lowest BCUT2D eigenvalue weighted by Gasteiger charge is -2.40. The molecule has 4 aromatic rings. The normalized spacial score (nSPS) is 16.5. The number of H-pyrrole nitrogens is 1. The summed E-state index contributed by atoms with van der Waals surface area (Å²) >= 11 is 0. The van der Waals surface area contributed by atoms with Crippen LogP contribution in [0.4, 0.5) is 5.82 Å². The Bertz CT molecular complexity index is 1330. The molecule has 162 valence electrons. The van der Waals surface area contributed by atoms with Gasteiger partial charge in [-0.2, -0.15) is 5.10 Å². The number of para-hydroxylation sites is 1. The standard InChI is InChI=1S/C24H24N6O2/c1-4-21(31)30-11-10-29(13-16(30)3)24-17-6-5-7-20(22(17)25-14-26-24)32-23-15(2)8-9-19-18(23)12-27-28-19/h4-9,12,14,16H,1,10-11,13H2,2-3H3,(H,27,28)/t16-/m1/s1. The van der Waals surface area contributed by atoms with E-state index in [2.05, 4.69) is 31.6 Å². The monoisotopic (exact) mass is 428 g/mol. The summed E-state index contributed by atoms with van der Waals surface area (Å²) in [5.74, 6) is 2.23. The summed E-state index contributed by atoms with van der Waals surface area (Å²) in [5, 5.41) is 8.97. The van der Waals surface area contributed by atoms with Gasteiger partial charge in [-0.25, -0.2) is 9.97 Å². The van der Waals surface area contributed by atoms with Crippen molar-refractivity contribution in [3.63, 3.8) is 0 Å². The molecule has 0 saturated carbocycles. The van der Waals surface area contributed by atoms with Gasteiger partial charge in [-0.15, -0.1) is 0 Å². The number of rotatable bonds is 4. The van der Waals surface area contributed by atoms with E-state index in [9.17, 15) is 4.79 Å². The predicted octanol–water partition coefficient (Wildman–Crippen LogP) is 3.83. The van der Waals surface area contributed by atoms with Crippen LogP contribution in [0, 0.1) is 6.92 Å². The van der Waals surface area contributed by atoms with Crippen LogP contribution >= 0.6 is 0 Å². The minimum Gasteiger partial charge on any atom is -0.454 e. The summed E-state index contributed by atoms with van der Waals surface area (Å²) in [6, 6.07) is 9.94. The molecule has 1 saturated heterocycles. The zero-order valence-corrected chi connectivity index (χ0v) is 18.1. The summed E-state index contributed by atoms with van der Waals surface area (Å²) in [4.78, 5) is 25.3. The highest BCUT2D eigenvalue weighted by Crippen LogP contribution is 2.37. The Balaban J connectivity index is 1.51. The zero-order valence-electron chi connectivity index (χ0n) is 18.1. The van der Waals surface area contributed by atoms with Crippen molar-refractivity contribution in [2.24, 2.45) is 0 Å². The van der Waals surface area contributed by atoms with Crippen LogP contribution in [0.5, 0.6) is 11.5 Å². The van der Waals surface area contributed by atoms with Crippen molar-refractivity contribution in [2.45, 2.75) is 19.9 Å². The van der Waals surface area contributed by atoms with Crippen LogP contribution in [0.2, 0.25) is 0 Å². The highest BCUT2D eigenvalue weighted by molar-refractivity contribution is 5.94. The number of carbonyl (C=O) groups excluding carboxylic acids is 1. The number of benzene rings is 2. The first-order valence-corrected chi connectivity index (χ1v) is 10.6. The van der Waals surface area contributed by atoms with Crippen LogP contribution in [0.1, 0.15) is 12.5 Å². The van der Waals surface area contributed by atoms with E-state index in [0.29, 0.717) is 25.4 Å². The summed E-state index contributed by atoms with van der Waals surface area (Å²) in [7, 11) is 0. The third-order valence-electron chi connectivity index (χ3n) is 5.98. The second-order valence-corrected chi connectivity index (χ2v) is 8.03. The van der Waals surface area contributed by atoms with Gasteiger partial charge in [-0.05, 0) is 43.7 Å². The molecule has 1 amide bonds. The van der Waals surface area contributed by atoms with Crippen LogP contribution in [-0.2, 0) is 4.79 Å². The molecule has 3 heterocycles. The predicted molar refractivity (Wildman–Crippen MR) is 124 cm³/mol. The van der Waals surface area contributed by atoms with Gasteiger partial charge < -0.3 is 14.5 Å². The van der Waals surface area contributed by atoms with Crippen LogP contribution < -0.4 is 9.64 Å². The number of hydrogen-bond donors (Lipinski definition) is 1. The van der Waals surface area contributed by atoms with Crippen molar-refractivity contribution in [3.8, 4) is 11.5 Å². The van der Waals surface area contributed by atoms with Crippen molar-refractivity contribution in [1.29, 1.82) is 0 Å². The molecule has 32 heavy (non-hydrogen) atoms. The first-order valence-electron chi connectivity index (χ1n) is 10.6. The Morgan fingerprint density at radius 2 is 2.09 bits per heavy atom. The SMILES string of the molecule is C=CC(=O)N1CCN(c2ncnc3c(Oc4c(C)ccc5[nH]ncc45)cccc23)C[C@H]1C. The topological polar surface area (TPSA) is 87.2 Å². The third kappa shape index (κ3) is 3.33. The van der Waals surface area contributed by atoms with Crippen molar-refractivity contribution in [2.75, 3.05) is 24.5 Å².